The van der Waals surface area contributed by atoms with Crippen LogP contribution in [0.5, 0.6) is 0 Å². The van der Waals surface area contributed by atoms with Gasteiger partial charge in [0.25, 0.3) is 0 Å². The van der Waals surface area contributed by atoms with Gasteiger partial charge in [0.15, 0.2) is 10.3 Å². The van der Waals surface area contributed by atoms with Gasteiger partial charge in [0, 0.05) is 37.7 Å². The van der Waals surface area contributed by atoms with E-state index in [1.165, 1.54) is 29.7 Å². The van der Waals surface area contributed by atoms with E-state index in [0.717, 1.165) is 40.7 Å². The monoisotopic (exact) mass is 442 g/mol. The van der Waals surface area contributed by atoms with Crippen LogP contribution >= 0.6 is 23.1 Å². The molecular weight excluding hydrogens is 416 g/mol. The summed E-state index contributed by atoms with van der Waals surface area (Å²) < 4.78 is 2.15. The van der Waals surface area contributed by atoms with Crippen molar-refractivity contribution in [2.45, 2.75) is 44.5 Å². The number of aromatic nitrogens is 4. The number of anilines is 2. The molecule has 3 aromatic rings. The molecule has 1 fully saturated rings. The van der Waals surface area contributed by atoms with Gasteiger partial charge in [-0.15, -0.1) is 21.5 Å². The number of aryl methyl sites for hydroxylation is 1. The van der Waals surface area contributed by atoms with Gasteiger partial charge in [-0.05, 0) is 38.8 Å². The zero-order chi connectivity index (χ0) is 21.1. The molecule has 30 heavy (non-hydrogen) atoms. The molecule has 0 aliphatic carbocycles. The third kappa shape index (κ3) is 4.37. The molecule has 7 nitrogen and oxygen atoms in total. The highest BCUT2D eigenvalue weighted by atomic mass is 32.2. The maximum absolute atomic E-state index is 11.8. The third-order valence-electron chi connectivity index (χ3n) is 5.11. The molecule has 1 aromatic carbocycles. The highest BCUT2D eigenvalue weighted by Crippen LogP contribution is 2.31. The predicted molar refractivity (Wildman–Crippen MR) is 123 cm³/mol. The van der Waals surface area contributed by atoms with Gasteiger partial charge < -0.3 is 4.90 Å². The van der Waals surface area contributed by atoms with Gasteiger partial charge in [-0.1, -0.05) is 29.5 Å². The van der Waals surface area contributed by atoms with E-state index in [1.54, 1.807) is 23.6 Å². The van der Waals surface area contributed by atoms with Gasteiger partial charge in [0.1, 0.15) is 0 Å². The fraction of sp³-hybridized carbons (Fsp3) is 0.429. The molecule has 0 atom stereocenters. The maximum Gasteiger partial charge on any atom is 0.232 e. The van der Waals surface area contributed by atoms with Gasteiger partial charge >= 0.3 is 0 Å². The van der Waals surface area contributed by atoms with E-state index in [4.69, 9.17) is 0 Å². The van der Waals surface area contributed by atoms with Crippen LogP contribution in [-0.4, -0.2) is 45.3 Å². The number of hydrogen-bond donors (Lipinski definition) is 0. The lowest BCUT2D eigenvalue weighted by atomic mass is 10.2. The highest BCUT2D eigenvalue weighted by Gasteiger charge is 2.23. The maximum atomic E-state index is 11.8. The number of nitrogens with zero attached hydrogens (tertiary/aromatic N) is 6. The fourth-order valence-corrected chi connectivity index (χ4v) is 5.39. The number of carbonyl (C=O) groups excluding carboxylic acids is 1. The molecule has 1 amide bonds. The van der Waals surface area contributed by atoms with Crippen LogP contribution in [-0.2, 0) is 10.5 Å². The second-order valence-electron chi connectivity index (χ2n) is 7.32. The standard InChI is InChI=1S/C21H26N6OS2/c1-4-26(16(3)28)20-22-17(13-29-20)14-30-21-24-23-19(25-11-5-6-12-25)27(21)18-9-7-15(2)8-10-18/h7-10,13H,4-6,11-12,14H2,1-3H3. The van der Waals surface area contributed by atoms with E-state index in [0.29, 0.717) is 12.3 Å². The Morgan fingerprint density at radius 2 is 1.93 bits per heavy atom. The SMILES string of the molecule is CCN(C(C)=O)c1nc(CSc2nnc(N3CCCC3)n2-c2ccc(C)cc2)cs1. The topological polar surface area (TPSA) is 67.2 Å². The van der Waals surface area contributed by atoms with Crippen molar-refractivity contribution in [3.63, 3.8) is 0 Å². The lowest BCUT2D eigenvalue weighted by molar-refractivity contribution is -0.116. The van der Waals surface area contributed by atoms with Crippen LogP contribution in [0.4, 0.5) is 11.1 Å². The molecule has 1 aliphatic heterocycles. The number of rotatable bonds is 7. The second kappa shape index (κ2) is 9.18. The Hall–Kier alpha value is -2.39. The molecule has 1 aliphatic rings. The van der Waals surface area contributed by atoms with Gasteiger partial charge in [-0.3, -0.25) is 14.3 Å². The number of thiazole rings is 1. The summed E-state index contributed by atoms with van der Waals surface area (Å²) in [4.78, 5) is 20.4. The van der Waals surface area contributed by atoms with Gasteiger partial charge in [0.2, 0.25) is 11.9 Å². The van der Waals surface area contributed by atoms with Crippen molar-refractivity contribution in [2.75, 3.05) is 29.4 Å². The van der Waals surface area contributed by atoms with Crippen LogP contribution in [0.15, 0.2) is 34.8 Å². The molecule has 2 aromatic heterocycles. The molecule has 1 saturated heterocycles. The number of amides is 1. The Morgan fingerprint density at radius 1 is 1.20 bits per heavy atom. The van der Waals surface area contributed by atoms with Gasteiger partial charge in [-0.25, -0.2) is 4.98 Å². The highest BCUT2D eigenvalue weighted by molar-refractivity contribution is 7.98. The molecule has 9 heteroatoms. The third-order valence-corrected chi connectivity index (χ3v) is 6.99. The summed E-state index contributed by atoms with van der Waals surface area (Å²) in [6.45, 7) is 8.28. The lowest BCUT2D eigenvalue weighted by Gasteiger charge is -2.18. The molecule has 0 spiro atoms. The smallest absolute Gasteiger partial charge is 0.232 e. The molecular formula is C21H26N6OS2. The summed E-state index contributed by atoms with van der Waals surface area (Å²) in [6.07, 6.45) is 2.38. The first-order valence-corrected chi connectivity index (χ1v) is 12.1. The van der Waals surface area contributed by atoms with Crippen LogP contribution < -0.4 is 9.80 Å². The van der Waals surface area contributed by atoms with E-state index in [2.05, 4.69) is 55.8 Å². The fourth-order valence-electron chi connectivity index (χ4n) is 3.52. The van der Waals surface area contributed by atoms with E-state index < -0.39 is 0 Å². The minimum Gasteiger partial charge on any atom is -0.341 e. The lowest BCUT2D eigenvalue weighted by Crippen LogP contribution is -2.27. The summed E-state index contributed by atoms with van der Waals surface area (Å²) in [7, 11) is 0. The van der Waals surface area contributed by atoms with Crippen molar-refractivity contribution in [3.05, 3.63) is 40.9 Å². The summed E-state index contributed by atoms with van der Waals surface area (Å²) in [5.74, 6) is 1.60. The molecule has 0 N–H and O–H groups in total. The largest absolute Gasteiger partial charge is 0.341 e. The van der Waals surface area contributed by atoms with Crippen molar-refractivity contribution in [2.24, 2.45) is 0 Å². The van der Waals surface area contributed by atoms with Crippen molar-refractivity contribution >= 4 is 40.1 Å². The van der Waals surface area contributed by atoms with E-state index in [9.17, 15) is 4.79 Å². The van der Waals surface area contributed by atoms with Crippen molar-refractivity contribution < 1.29 is 4.79 Å². The zero-order valence-corrected chi connectivity index (χ0v) is 19.2. The summed E-state index contributed by atoms with van der Waals surface area (Å²) >= 11 is 3.13. The van der Waals surface area contributed by atoms with Crippen molar-refractivity contribution in [3.8, 4) is 5.69 Å². The van der Waals surface area contributed by atoms with Gasteiger partial charge in [0.05, 0.1) is 11.4 Å². The Morgan fingerprint density at radius 3 is 2.60 bits per heavy atom. The van der Waals surface area contributed by atoms with E-state index in [-0.39, 0.29) is 5.91 Å². The molecule has 3 heterocycles. The van der Waals surface area contributed by atoms with Crippen LogP contribution in [0.25, 0.3) is 5.69 Å². The molecule has 0 unspecified atom stereocenters. The Bertz CT molecular complexity index is 1010. The number of carbonyl (C=O) groups is 1. The molecule has 0 radical (unpaired) electrons. The number of benzene rings is 1. The van der Waals surface area contributed by atoms with Crippen LogP contribution in [0, 0.1) is 6.92 Å². The Labute approximate surface area is 185 Å². The Kier molecular flexibility index (Phi) is 6.38. The summed E-state index contributed by atoms with van der Waals surface area (Å²) in [6, 6.07) is 8.47. The van der Waals surface area contributed by atoms with E-state index in [1.807, 2.05) is 12.3 Å². The predicted octanol–water partition coefficient (Wildman–Crippen LogP) is 4.30. The molecule has 0 bridgehead atoms. The average molecular weight is 443 g/mol. The normalized spacial score (nSPS) is 13.8. The first-order valence-electron chi connectivity index (χ1n) is 10.2. The van der Waals surface area contributed by atoms with E-state index >= 15 is 0 Å². The molecule has 158 valence electrons. The van der Waals surface area contributed by atoms with Crippen molar-refractivity contribution in [1.82, 2.24) is 19.7 Å². The minimum absolute atomic E-state index is 0.0143. The number of thioether (sulfide) groups is 1. The van der Waals surface area contributed by atoms with Crippen LogP contribution in [0.3, 0.4) is 0 Å². The quantitative estimate of drug-likeness (QED) is 0.508. The van der Waals surface area contributed by atoms with Gasteiger partial charge in [-0.2, -0.15) is 0 Å². The summed E-state index contributed by atoms with van der Waals surface area (Å²) in [5, 5.41) is 12.7. The molecule has 0 saturated carbocycles. The van der Waals surface area contributed by atoms with Crippen LogP contribution in [0.2, 0.25) is 0 Å². The average Bonchev–Trinajstić information content (AvgIpc) is 3.48. The van der Waals surface area contributed by atoms with Crippen LogP contribution in [0.1, 0.15) is 37.9 Å². The zero-order valence-electron chi connectivity index (χ0n) is 17.5. The minimum atomic E-state index is 0.0143. The van der Waals surface area contributed by atoms with Crippen molar-refractivity contribution in [1.29, 1.82) is 0 Å². The second-order valence-corrected chi connectivity index (χ2v) is 9.10. The first kappa shape index (κ1) is 20.9. The molecule has 4 rings (SSSR count). The first-order chi connectivity index (χ1) is 14.6. The Balaban J connectivity index is 1.58. The number of hydrogen-bond acceptors (Lipinski definition) is 7. The summed E-state index contributed by atoms with van der Waals surface area (Å²) in [5.41, 5.74) is 3.24.